The molecule has 1 rings (SSSR count). The summed E-state index contributed by atoms with van der Waals surface area (Å²) in [6, 6.07) is 0. The normalized spacial score (nSPS) is 9.42. The summed E-state index contributed by atoms with van der Waals surface area (Å²) in [5.74, 6) is 0. The predicted octanol–water partition coefficient (Wildman–Crippen LogP) is 0.898. The third-order valence-corrected chi connectivity index (χ3v) is 1.29. The largest absolute Gasteiger partial charge is 0.465 e. The zero-order valence-corrected chi connectivity index (χ0v) is 6.75. The van der Waals surface area contributed by atoms with Crippen molar-refractivity contribution in [2.24, 2.45) is 0 Å². The first kappa shape index (κ1) is 8.73. The monoisotopic (exact) mass is 187 g/mol. The summed E-state index contributed by atoms with van der Waals surface area (Å²) < 4.78 is 0. The van der Waals surface area contributed by atoms with Gasteiger partial charge in [0.25, 0.3) is 0 Å². The van der Waals surface area contributed by atoms with Gasteiger partial charge < -0.3 is 10.4 Å². The van der Waals surface area contributed by atoms with Crippen molar-refractivity contribution in [3.05, 3.63) is 23.2 Å². The minimum absolute atomic E-state index is 0.138. The third-order valence-electron chi connectivity index (χ3n) is 1.09. The molecule has 2 N–H and O–H groups in total. The summed E-state index contributed by atoms with van der Waals surface area (Å²) in [4.78, 5) is 17.6. The Morgan fingerprint density at radius 2 is 2.33 bits per heavy atom. The zero-order valence-electron chi connectivity index (χ0n) is 5.99. The van der Waals surface area contributed by atoms with E-state index in [0.29, 0.717) is 5.69 Å². The molecule has 1 heterocycles. The fraction of sp³-hybridized carbons (Fsp3) is 0.167. The number of hydrogen-bond acceptors (Lipinski definition) is 3. The summed E-state index contributed by atoms with van der Waals surface area (Å²) in [6.45, 7) is 0.138. The van der Waals surface area contributed by atoms with Gasteiger partial charge in [-0.05, 0) is 0 Å². The maximum Gasteiger partial charge on any atom is 0.404 e. The number of hydrogen-bond donors (Lipinski definition) is 2. The Hall–Kier alpha value is -1.36. The van der Waals surface area contributed by atoms with Gasteiger partial charge in [0.05, 0.1) is 24.6 Å². The van der Waals surface area contributed by atoms with Gasteiger partial charge in [0.15, 0.2) is 0 Å². The number of halogens is 1. The molecule has 1 aromatic rings. The Bertz CT molecular complexity index is 275. The molecular weight excluding hydrogens is 182 g/mol. The van der Waals surface area contributed by atoms with Crippen LogP contribution >= 0.6 is 11.6 Å². The van der Waals surface area contributed by atoms with Gasteiger partial charge in [-0.1, -0.05) is 11.6 Å². The van der Waals surface area contributed by atoms with E-state index >= 15 is 0 Å². The van der Waals surface area contributed by atoms with E-state index in [4.69, 9.17) is 16.7 Å². The number of nitrogens with zero attached hydrogens (tertiary/aromatic N) is 2. The van der Waals surface area contributed by atoms with Gasteiger partial charge in [-0.3, -0.25) is 4.98 Å². The van der Waals surface area contributed by atoms with Crippen molar-refractivity contribution in [2.45, 2.75) is 6.54 Å². The molecule has 5 nitrogen and oxygen atoms in total. The highest BCUT2D eigenvalue weighted by atomic mass is 35.5. The molecule has 0 aliphatic rings. The molecule has 0 bridgehead atoms. The highest BCUT2D eigenvalue weighted by molar-refractivity contribution is 6.29. The topological polar surface area (TPSA) is 75.1 Å². The van der Waals surface area contributed by atoms with Crippen molar-refractivity contribution in [1.29, 1.82) is 0 Å². The second-order valence-corrected chi connectivity index (χ2v) is 2.38. The minimum atomic E-state index is -1.09. The SMILES string of the molecule is O=C(O)NCc1cnc(Cl)cn1. The lowest BCUT2D eigenvalue weighted by Crippen LogP contribution is -2.20. The van der Waals surface area contributed by atoms with Crippen LogP contribution in [0.5, 0.6) is 0 Å². The first-order chi connectivity index (χ1) is 5.68. The van der Waals surface area contributed by atoms with E-state index in [0.717, 1.165) is 0 Å². The summed E-state index contributed by atoms with van der Waals surface area (Å²) in [7, 11) is 0. The molecule has 0 fully saturated rings. The maximum absolute atomic E-state index is 10.1. The number of nitrogens with one attached hydrogen (secondary N) is 1. The van der Waals surface area contributed by atoms with E-state index in [-0.39, 0.29) is 11.7 Å². The fourth-order valence-electron chi connectivity index (χ4n) is 0.596. The Balaban J connectivity index is 2.53. The second-order valence-electron chi connectivity index (χ2n) is 1.99. The molecule has 64 valence electrons. The van der Waals surface area contributed by atoms with Gasteiger partial charge >= 0.3 is 6.09 Å². The average Bonchev–Trinajstić information content (AvgIpc) is 2.03. The van der Waals surface area contributed by atoms with Crippen LogP contribution in [0.4, 0.5) is 4.79 Å². The van der Waals surface area contributed by atoms with Crippen LogP contribution in [0.15, 0.2) is 12.4 Å². The zero-order chi connectivity index (χ0) is 8.97. The van der Waals surface area contributed by atoms with E-state index in [1.165, 1.54) is 12.4 Å². The summed E-state index contributed by atoms with van der Waals surface area (Å²) >= 11 is 5.46. The second kappa shape index (κ2) is 3.87. The molecule has 0 saturated carbocycles. The van der Waals surface area contributed by atoms with E-state index < -0.39 is 6.09 Å². The molecule has 0 atom stereocenters. The van der Waals surface area contributed by atoms with Gasteiger partial charge in [0.1, 0.15) is 5.15 Å². The number of aromatic nitrogens is 2. The maximum atomic E-state index is 10.1. The van der Waals surface area contributed by atoms with Gasteiger partial charge in [0, 0.05) is 0 Å². The van der Waals surface area contributed by atoms with Gasteiger partial charge in [-0.25, -0.2) is 9.78 Å². The lowest BCUT2D eigenvalue weighted by molar-refractivity contribution is 0.194. The van der Waals surface area contributed by atoms with Crippen molar-refractivity contribution in [3.63, 3.8) is 0 Å². The van der Waals surface area contributed by atoms with Crippen molar-refractivity contribution in [1.82, 2.24) is 15.3 Å². The quantitative estimate of drug-likeness (QED) is 0.721. The van der Waals surface area contributed by atoms with Crippen LogP contribution in [-0.4, -0.2) is 21.2 Å². The smallest absolute Gasteiger partial charge is 0.404 e. The lowest BCUT2D eigenvalue weighted by atomic mass is 10.4. The van der Waals surface area contributed by atoms with Crippen LogP contribution in [0, 0.1) is 0 Å². The fourth-order valence-corrected chi connectivity index (χ4v) is 0.694. The van der Waals surface area contributed by atoms with Crippen molar-refractivity contribution in [2.75, 3.05) is 0 Å². The molecule has 0 saturated heterocycles. The van der Waals surface area contributed by atoms with E-state index in [9.17, 15) is 4.79 Å². The predicted molar refractivity (Wildman–Crippen MR) is 41.9 cm³/mol. The highest BCUT2D eigenvalue weighted by Crippen LogP contribution is 2.00. The minimum Gasteiger partial charge on any atom is -0.465 e. The summed E-state index contributed by atoms with van der Waals surface area (Å²) in [5.41, 5.74) is 0.529. The van der Waals surface area contributed by atoms with Crippen LogP contribution in [0.1, 0.15) is 5.69 Å². The standard InChI is InChI=1S/C6H6ClN3O2/c7-5-3-8-4(1-9-5)2-10-6(11)12/h1,3,10H,2H2,(H,11,12). The number of rotatable bonds is 2. The molecule has 1 amide bonds. The molecule has 12 heavy (non-hydrogen) atoms. The van der Waals surface area contributed by atoms with E-state index in [2.05, 4.69) is 15.3 Å². The van der Waals surface area contributed by atoms with Gasteiger partial charge in [0.2, 0.25) is 0 Å². The van der Waals surface area contributed by atoms with Crippen molar-refractivity contribution < 1.29 is 9.90 Å². The molecule has 0 aromatic carbocycles. The van der Waals surface area contributed by atoms with Crippen LogP contribution in [0.25, 0.3) is 0 Å². The number of carboxylic acid groups (broad SMARTS) is 1. The first-order valence-electron chi connectivity index (χ1n) is 3.11. The molecule has 0 aliphatic heterocycles. The first-order valence-corrected chi connectivity index (χ1v) is 3.49. The van der Waals surface area contributed by atoms with E-state index in [1.54, 1.807) is 0 Å². The van der Waals surface area contributed by atoms with Crippen LogP contribution in [-0.2, 0) is 6.54 Å². The average molecular weight is 188 g/mol. The Labute approximate surface area is 73.4 Å². The molecule has 0 spiro atoms. The van der Waals surface area contributed by atoms with Crippen LogP contribution < -0.4 is 5.32 Å². The molecular formula is C6H6ClN3O2. The molecule has 0 aliphatic carbocycles. The molecule has 0 radical (unpaired) electrons. The molecule has 0 unspecified atom stereocenters. The van der Waals surface area contributed by atoms with Crippen LogP contribution in [0.2, 0.25) is 5.15 Å². The van der Waals surface area contributed by atoms with Crippen LogP contribution in [0.3, 0.4) is 0 Å². The lowest BCUT2D eigenvalue weighted by Gasteiger charge is -1.98. The molecule has 6 heteroatoms. The number of carbonyl (C=O) groups is 1. The van der Waals surface area contributed by atoms with Gasteiger partial charge in [-0.15, -0.1) is 0 Å². The summed E-state index contributed by atoms with van der Waals surface area (Å²) in [6.07, 6.45) is 1.69. The van der Waals surface area contributed by atoms with Crippen molar-refractivity contribution >= 4 is 17.7 Å². The Morgan fingerprint density at radius 3 is 2.83 bits per heavy atom. The number of amides is 1. The Kier molecular flexibility index (Phi) is 2.82. The highest BCUT2D eigenvalue weighted by Gasteiger charge is 1.97. The van der Waals surface area contributed by atoms with Crippen molar-refractivity contribution in [3.8, 4) is 0 Å². The van der Waals surface area contributed by atoms with E-state index in [1.807, 2.05) is 0 Å². The summed E-state index contributed by atoms with van der Waals surface area (Å²) in [5, 5.41) is 10.7. The molecule has 1 aromatic heterocycles. The van der Waals surface area contributed by atoms with Gasteiger partial charge in [-0.2, -0.15) is 0 Å². The third kappa shape index (κ3) is 2.71. The Morgan fingerprint density at radius 1 is 1.58 bits per heavy atom.